The van der Waals surface area contributed by atoms with Crippen molar-refractivity contribution in [3.05, 3.63) is 36.5 Å². The molecule has 0 aliphatic carbocycles. The van der Waals surface area contributed by atoms with Crippen LogP contribution in [0.15, 0.2) is 36.5 Å². The lowest BCUT2D eigenvalue weighted by Crippen LogP contribution is -2.27. The van der Waals surface area contributed by atoms with E-state index in [2.05, 4.69) is 55.6 Å². The molecule has 0 aromatic carbocycles. The number of hydrogen-bond donors (Lipinski definition) is 3. The van der Waals surface area contributed by atoms with Crippen molar-refractivity contribution in [3.63, 3.8) is 0 Å². The zero-order valence-corrected chi connectivity index (χ0v) is 33.4. The zero-order chi connectivity index (χ0) is 37.5. The molecule has 0 aliphatic heterocycles. The molecule has 1 amide bonds. The number of nitrogens with one attached hydrogen (secondary N) is 1. The molecule has 51 heavy (non-hydrogen) atoms. The Bertz CT molecular complexity index is 939. The molecule has 2 atom stereocenters. The molecule has 2 unspecified atom stereocenters. The fourth-order valence-electron chi connectivity index (χ4n) is 5.40. The highest BCUT2D eigenvalue weighted by Gasteiger charge is 2.23. The summed E-state index contributed by atoms with van der Waals surface area (Å²) in [5.74, 6) is -0.534. The third kappa shape index (κ3) is 39.3. The first-order chi connectivity index (χ1) is 24.8. The average Bonchev–Trinajstić information content (AvgIpc) is 3.11. The zero-order valence-electron chi connectivity index (χ0n) is 32.5. The molecule has 0 saturated heterocycles. The number of unbranched alkanes of at least 4 members (excludes halogenated alkanes) is 19. The number of aliphatic hydroxyl groups is 1. The summed E-state index contributed by atoms with van der Waals surface area (Å²) >= 11 is 0. The van der Waals surface area contributed by atoms with Crippen LogP contribution in [0.3, 0.4) is 0 Å². The van der Waals surface area contributed by atoms with Gasteiger partial charge >= 0.3 is 13.8 Å². The normalized spacial score (nSPS) is 13.7. The summed E-state index contributed by atoms with van der Waals surface area (Å²) in [5.41, 5.74) is 0. The van der Waals surface area contributed by atoms with Gasteiger partial charge in [-0.2, -0.15) is 0 Å². The van der Waals surface area contributed by atoms with E-state index in [9.17, 15) is 24.2 Å². The van der Waals surface area contributed by atoms with Crippen LogP contribution in [0.4, 0.5) is 0 Å². The van der Waals surface area contributed by atoms with Gasteiger partial charge in [-0.15, -0.1) is 0 Å². The van der Waals surface area contributed by atoms with Gasteiger partial charge in [0.25, 0.3) is 0 Å². The number of phosphoric ester groups is 1. The van der Waals surface area contributed by atoms with Crippen molar-refractivity contribution in [3.8, 4) is 0 Å². The van der Waals surface area contributed by atoms with Crippen LogP contribution >= 0.6 is 7.82 Å². The lowest BCUT2D eigenvalue weighted by Gasteiger charge is -2.15. The Morgan fingerprint density at radius 1 is 0.608 bits per heavy atom. The number of carbonyl (C=O) groups excluding carboxylic acids is 2. The highest BCUT2D eigenvalue weighted by Crippen LogP contribution is 2.42. The number of amides is 1. The molecule has 0 aromatic rings. The first-order valence-electron chi connectivity index (χ1n) is 20.5. The van der Waals surface area contributed by atoms with E-state index in [4.69, 9.17) is 13.8 Å². The Kier molecular flexibility index (Phi) is 36.7. The minimum atomic E-state index is -4.42. The quantitative estimate of drug-likeness (QED) is 0.0247. The van der Waals surface area contributed by atoms with Crippen molar-refractivity contribution in [1.29, 1.82) is 0 Å². The van der Waals surface area contributed by atoms with Crippen molar-refractivity contribution in [1.82, 2.24) is 5.32 Å². The SMILES string of the molecule is CCCCC/C=C\C/C=C\CCCCCCCCCC(=O)NCCOP(=O)(O)OCC(O)COC(=O)CCCCCCC/C=C\CCCCCC. The van der Waals surface area contributed by atoms with Crippen LogP contribution in [0.5, 0.6) is 0 Å². The van der Waals surface area contributed by atoms with Crippen LogP contribution in [0.1, 0.15) is 181 Å². The number of allylic oxidation sites excluding steroid dienone is 6. The van der Waals surface area contributed by atoms with Crippen molar-refractivity contribution in [2.45, 2.75) is 187 Å². The van der Waals surface area contributed by atoms with Crippen molar-refractivity contribution in [2.75, 3.05) is 26.4 Å². The molecule has 0 aliphatic rings. The van der Waals surface area contributed by atoms with Crippen molar-refractivity contribution in [2.24, 2.45) is 0 Å². The number of phosphoric acid groups is 1. The largest absolute Gasteiger partial charge is 0.472 e. The van der Waals surface area contributed by atoms with Gasteiger partial charge in [0, 0.05) is 19.4 Å². The molecule has 0 heterocycles. The molecule has 0 radical (unpaired) electrons. The van der Waals surface area contributed by atoms with Crippen LogP contribution in [0, 0.1) is 0 Å². The third-order valence-electron chi connectivity index (χ3n) is 8.54. The maximum Gasteiger partial charge on any atom is 0.472 e. The van der Waals surface area contributed by atoms with Gasteiger partial charge in [0.2, 0.25) is 5.91 Å². The smallest absolute Gasteiger partial charge is 0.463 e. The first-order valence-corrected chi connectivity index (χ1v) is 22.0. The average molecular weight is 742 g/mol. The van der Waals surface area contributed by atoms with E-state index in [1.165, 1.54) is 83.5 Å². The fraction of sp³-hybridized carbons (Fsp3) is 0.805. The molecule has 10 heteroatoms. The molecule has 0 rings (SSSR count). The summed E-state index contributed by atoms with van der Waals surface area (Å²) in [6, 6.07) is 0. The van der Waals surface area contributed by atoms with E-state index in [0.29, 0.717) is 6.42 Å². The minimum absolute atomic E-state index is 0.0762. The van der Waals surface area contributed by atoms with Gasteiger partial charge in [-0.1, -0.05) is 134 Å². The summed E-state index contributed by atoms with van der Waals surface area (Å²) in [4.78, 5) is 33.8. The highest BCUT2D eigenvalue weighted by atomic mass is 31.2. The van der Waals surface area contributed by atoms with Crippen LogP contribution in [0.25, 0.3) is 0 Å². The van der Waals surface area contributed by atoms with E-state index in [1.54, 1.807) is 0 Å². The van der Waals surface area contributed by atoms with E-state index in [1.807, 2.05) is 0 Å². The topological polar surface area (TPSA) is 131 Å². The number of rotatable bonds is 38. The third-order valence-corrected chi connectivity index (χ3v) is 9.53. The second-order valence-corrected chi connectivity index (χ2v) is 15.1. The number of aliphatic hydroxyl groups excluding tert-OH is 1. The molecule has 0 aromatic heterocycles. The first kappa shape index (κ1) is 49.2. The fourth-order valence-corrected chi connectivity index (χ4v) is 6.16. The molecular weight excluding hydrogens is 665 g/mol. The number of hydrogen-bond acceptors (Lipinski definition) is 7. The van der Waals surface area contributed by atoms with E-state index in [-0.39, 0.29) is 32.1 Å². The lowest BCUT2D eigenvalue weighted by molar-refractivity contribution is -0.147. The number of ether oxygens (including phenoxy) is 1. The molecule has 0 bridgehead atoms. The second-order valence-electron chi connectivity index (χ2n) is 13.6. The predicted octanol–water partition coefficient (Wildman–Crippen LogP) is 11.0. The van der Waals surface area contributed by atoms with Crippen molar-refractivity contribution >= 4 is 19.7 Å². The molecule has 298 valence electrons. The Labute approximate surface area is 312 Å². The van der Waals surface area contributed by atoms with Gasteiger partial charge < -0.3 is 20.1 Å². The van der Waals surface area contributed by atoms with Crippen LogP contribution in [0.2, 0.25) is 0 Å². The monoisotopic (exact) mass is 742 g/mol. The van der Waals surface area contributed by atoms with Gasteiger partial charge in [-0.25, -0.2) is 4.57 Å². The standard InChI is InChI=1S/C41H76NO8P/c1-3-5-7-9-11-13-15-17-18-19-20-22-23-25-27-29-31-33-40(44)42-35-36-49-51(46,47)50-38-39(43)37-48-41(45)34-32-30-28-26-24-21-16-14-12-10-8-6-4-2/h11,13-14,16-18,39,43H,3-10,12,15,19-38H2,1-2H3,(H,42,44)(H,46,47)/b13-11-,16-14-,18-17-. The summed E-state index contributed by atoms with van der Waals surface area (Å²) in [6.07, 6.45) is 40.7. The molecule has 0 saturated carbocycles. The van der Waals surface area contributed by atoms with Crippen LogP contribution in [-0.4, -0.2) is 54.3 Å². The molecule has 9 nitrogen and oxygen atoms in total. The maximum atomic E-state index is 12.1. The van der Waals surface area contributed by atoms with Gasteiger partial charge in [0.05, 0.1) is 13.2 Å². The Morgan fingerprint density at radius 3 is 1.63 bits per heavy atom. The molecule has 0 spiro atoms. The van der Waals surface area contributed by atoms with Crippen molar-refractivity contribution < 1.29 is 37.9 Å². The predicted molar refractivity (Wildman–Crippen MR) is 211 cm³/mol. The van der Waals surface area contributed by atoms with E-state index < -0.39 is 26.5 Å². The summed E-state index contributed by atoms with van der Waals surface area (Å²) in [6.45, 7) is 3.49. The maximum absolute atomic E-state index is 12.1. The lowest BCUT2D eigenvalue weighted by atomic mass is 10.1. The summed E-state index contributed by atoms with van der Waals surface area (Å²) in [7, 11) is -4.42. The van der Waals surface area contributed by atoms with Gasteiger partial charge in [-0.05, 0) is 70.6 Å². The van der Waals surface area contributed by atoms with Gasteiger partial charge in [-0.3, -0.25) is 18.6 Å². The highest BCUT2D eigenvalue weighted by molar-refractivity contribution is 7.47. The molecule has 3 N–H and O–H groups in total. The van der Waals surface area contributed by atoms with E-state index >= 15 is 0 Å². The van der Waals surface area contributed by atoms with Gasteiger partial charge in [0.1, 0.15) is 12.7 Å². The minimum Gasteiger partial charge on any atom is -0.463 e. The Hall–Kier alpha value is -1.77. The second kappa shape index (κ2) is 38.0. The summed E-state index contributed by atoms with van der Waals surface area (Å²) in [5, 5.41) is 12.7. The van der Waals surface area contributed by atoms with Crippen LogP contribution < -0.4 is 5.32 Å². The Balaban J connectivity index is 3.63. The molecule has 0 fully saturated rings. The van der Waals surface area contributed by atoms with E-state index in [0.717, 1.165) is 70.6 Å². The summed E-state index contributed by atoms with van der Waals surface area (Å²) < 4.78 is 26.8. The molecular formula is C41H76NO8P. The number of carbonyl (C=O) groups is 2. The van der Waals surface area contributed by atoms with Gasteiger partial charge in [0.15, 0.2) is 0 Å². The Morgan fingerprint density at radius 2 is 1.06 bits per heavy atom. The number of esters is 1. The van der Waals surface area contributed by atoms with Crippen LogP contribution in [-0.2, 0) is 27.9 Å².